The zero-order valence-corrected chi connectivity index (χ0v) is 16.9. The van der Waals surface area contributed by atoms with Crippen LogP contribution in [0.1, 0.15) is 19.3 Å². The fourth-order valence-electron chi connectivity index (χ4n) is 3.35. The van der Waals surface area contributed by atoms with Crippen molar-refractivity contribution in [3.63, 3.8) is 0 Å². The second kappa shape index (κ2) is 8.76. The van der Waals surface area contributed by atoms with Crippen molar-refractivity contribution in [2.24, 2.45) is 0 Å². The van der Waals surface area contributed by atoms with Gasteiger partial charge >= 0.3 is 0 Å². The molecule has 0 saturated carbocycles. The Balaban J connectivity index is 1.49. The van der Waals surface area contributed by atoms with Crippen LogP contribution in [0.25, 0.3) is 0 Å². The molecular weight excluding hydrogens is 428 g/mol. The average molecular weight is 447 g/mol. The van der Waals surface area contributed by atoms with Gasteiger partial charge in [-0.05, 0) is 25.0 Å². The third-order valence-electron chi connectivity index (χ3n) is 4.79. The summed E-state index contributed by atoms with van der Waals surface area (Å²) in [6.07, 6.45) is 0.725. The molecule has 29 heavy (non-hydrogen) atoms. The van der Waals surface area contributed by atoms with Crippen molar-refractivity contribution in [3.05, 3.63) is 29.8 Å². The normalized spacial score (nSPS) is 18.6. The van der Waals surface area contributed by atoms with Crippen molar-refractivity contribution in [1.82, 2.24) is 14.5 Å². The van der Waals surface area contributed by atoms with Gasteiger partial charge in [0.05, 0.1) is 5.75 Å². The molecule has 1 aromatic rings. The molecule has 8 nitrogen and oxygen atoms in total. The van der Waals surface area contributed by atoms with E-state index in [-0.39, 0.29) is 41.8 Å². The maximum absolute atomic E-state index is 13.7. The first-order chi connectivity index (χ1) is 13.7. The van der Waals surface area contributed by atoms with Gasteiger partial charge in [0, 0.05) is 32.1 Å². The van der Waals surface area contributed by atoms with E-state index in [2.05, 4.69) is 0 Å². The first-order valence-corrected chi connectivity index (χ1v) is 11.4. The van der Waals surface area contributed by atoms with Crippen LogP contribution in [0.2, 0.25) is 0 Å². The molecule has 0 bridgehead atoms. The minimum atomic E-state index is -4.43. The fraction of sp³-hybridized carbons (Fsp3) is 0.471. The van der Waals surface area contributed by atoms with Gasteiger partial charge in [0.25, 0.3) is 5.24 Å². The molecule has 1 aromatic carbocycles. The third-order valence-corrected chi connectivity index (χ3v) is 7.13. The van der Waals surface area contributed by atoms with E-state index in [4.69, 9.17) is 0 Å². The molecule has 0 spiro atoms. The molecule has 158 valence electrons. The molecule has 2 fully saturated rings. The summed E-state index contributed by atoms with van der Waals surface area (Å²) in [5.74, 6) is -2.83. The van der Waals surface area contributed by atoms with Gasteiger partial charge < -0.3 is 4.90 Å². The predicted octanol–water partition coefficient (Wildman–Crippen LogP) is 1.32. The zero-order chi connectivity index (χ0) is 21.2. The molecule has 12 heteroatoms. The van der Waals surface area contributed by atoms with Crippen molar-refractivity contribution >= 4 is 38.8 Å². The van der Waals surface area contributed by atoms with Crippen molar-refractivity contribution in [3.8, 4) is 0 Å². The Hall–Kier alpha value is -2.05. The highest BCUT2D eigenvalue weighted by Gasteiger charge is 2.37. The van der Waals surface area contributed by atoms with E-state index in [1.807, 2.05) is 4.72 Å². The Bertz CT molecular complexity index is 897. The lowest BCUT2D eigenvalue weighted by molar-refractivity contribution is -0.133. The molecule has 0 aliphatic carbocycles. The molecule has 2 aliphatic rings. The van der Waals surface area contributed by atoms with Crippen molar-refractivity contribution in [2.75, 3.05) is 25.4 Å². The van der Waals surface area contributed by atoms with Crippen LogP contribution in [0.15, 0.2) is 23.1 Å². The third kappa shape index (κ3) is 4.75. The summed E-state index contributed by atoms with van der Waals surface area (Å²) in [6.45, 7) is 0.356. The van der Waals surface area contributed by atoms with Crippen LogP contribution >= 0.6 is 11.8 Å². The van der Waals surface area contributed by atoms with Crippen LogP contribution < -0.4 is 4.72 Å². The van der Waals surface area contributed by atoms with Crippen LogP contribution in [0.3, 0.4) is 0 Å². The molecule has 1 N–H and O–H groups in total. The Labute approximate surface area is 170 Å². The summed E-state index contributed by atoms with van der Waals surface area (Å²) in [5.41, 5.74) is 0. The first kappa shape index (κ1) is 21.7. The van der Waals surface area contributed by atoms with Crippen LogP contribution in [0, 0.1) is 11.6 Å². The van der Waals surface area contributed by atoms with Crippen LogP contribution in [-0.4, -0.2) is 66.7 Å². The summed E-state index contributed by atoms with van der Waals surface area (Å²) >= 11 is 0.966. The Morgan fingerprint density at radius 2 is 1.79 bits per heavy atom. The number of rotatable bonds is 6. The lowest BCUT2D eigenvalue weighted by Gasteiger charge is -2.35. The Kier molecular flexibility index (Phi) is 6.54. The maximum Gasteiger partial charge on any atom is 0.289 e. The molecule has 0 aromatic heterocycles. The van der Waals surface area contributed by atoms with Crippen molar-refractivity contribution in [1.29, 1.82) is 0 Å². The van der Waals surface area contributed by atoms with Crippen LogP contribution in [0.5, 0.6) is 0 Å². The van der Waals surface area contributed by atoms with E-state index >= 15 is 0 Å². The number of benzene rings is 1. The number of nitrogens with zero attached hydrogens (tertiary/aromatic N) is 2. The van der Waals surface area contributed by atoms with Gasteiger partial charge in [-0.2, -0.15) is 0 Å². The lowest BCUT2D eigenvalue weighted by Crippen LogP contribution is -2.48. The van der Waals surface area contributed by atoms with Gasteiger partial charge in [-0.25, -0.2) is 21.9 Å². The number of amides is 3. The number of nitrogens with one attached hydrogen (secondary N) is 1. The van der Waals surface area contributed by atoms with Gasteiger partial charge in [-0.1, -0.05) is 17.8 Å². The minimum absolute atomic E-state index is 0.140. The number of hydrogen-bond acceptors (Lipinski definition) is 6. The number of imide groups is 1. The molecule has 2 aliphatic heterocycles. The fourth-order valence-corrected chi connectivity index (χ4v) is 5.29. The summed E-state index contributed by atoms with van der Waals surface area (Å²) < 4.78 is 53.5. The number of thioether (sulfide) groups is 1. The molecule has 3 amide bonds. The topological polar surface area (TPSA) is 104 Å². The summed E-state index contributed by atoms with van der Waals surface area (Å²) in [4.78, 5) is 37.6. The summed E-state index contributed by atoms with van der Waals surface area (Å²) in [7, 11) is -4.43. The standard InChI is InChI=1S/C17H19F2N3O5S2/c18-12-2-1-3-13(19)16(12)29(26,27)20-7-4-14(23)21-8-5-11(6-9-21)22-15(24)10-28-17(22)25/h1-3,11,20H,4-10H2. The van der Waals surface area contributed by atoms with E-state index < -0.39 is 26.6 Å². The molecule has 0 atom stereocenters. The second-order valence-electron chi connectivity index (χ2n) is 6.63. The van der Waals surface area contributed by atoms with Gasteiger partial charge in [0.1, 0.15) is 11.6 Å². The number of sulfonamides is 1. The van der Waals surface area contributed by atoms with Crippen LogP contribution in [-0.2, 0) is 19.6 Å². The van der Waals surface area contributed by atoms with Gasteiger partial charge in [-0.15, -0.1) is 0 Å². The Morgan fingerprint density at radius 3 is 2.34 bits per heavy atom. The minimum Gasteiger partial charge on any atom is -0.343 e. The number of carbonyl (C=O) groups is 3. The predicted molar refractivity (Wildman–Crippen MR) is 100 cm³/mol. The zero-order valence-electron chi connectivity index (χ0n) is 15.3. The number of halogens is 2. The highest BCUT2D eigenvalue weighted by atomic mass is 32.2. The highest BCUT2D eigenvalue weighted by Crippen LogP contribution is 2.26. The second-order valence-corrected chi connectivity index (χ2v) is 9.26. The number of likely N-dealkylation sites (tertiary alicyclic amines) is 1. The number of carbonyl (C=O) groups excluding carboxylic acids is 3. The van der Waals surface area contributed by atoms with Crippen molar-refractivity contribution in [2.45, 2.75) is 30.2 Å². The van der Waals surface area contributed by atoms with Gasteiger partial charge in [0.15, 0.2) is 4.90 Å². The average Bonchev–Trinajstić information content (AvgIpc) is 2.99. The summed E-state index contributed by atoms with van der Waals surface area (Å²) in [6, 6.07) is 2.48. The largest absolute Gasteiger partial charge is 0.343 e. The number of piperidine rings is 1. The van der Waals surface area contributed by atoms with Crippen LogP contribution in [0.4, 0.5) is 13.6 Å². The first-order valence-electron chi connectivity index (χ1n) is 8.91. The number of hydrogen-bond donors (Lipinski definition) is 1. The van der Waals surface area contributed by atoms with Gasteiger partial charge in [0.2, 0.25) is 21.8 Å². The smallest absolute Gasteiger partial charge is 0.289 e. The molecule has 2 saturated heterocycles. The molecule has 0 radical (unpaired) electrons. The lowest BCUT2D eigenvalue weighted by atomic mass is 10.0. The Morgan fingerprint density at radius 1 is 1.17 bits per heavy atom. The summed E-state index contributed by atoms with van der Waals surface area (Å²) in [5, 5.41) is -0.269. The van der Waals surface area contributed by atoms with E-state index in [1.54, 1.807) is 0 Å². The quantitative estimate of drug-likeness (QED) is 0.706. The van der Waals surface area contributed by atoms with Crippen molar-refractivity contribution < 1.29 is 31.6 Å². The van der Waals surface area contributed by atoms with E-state index in [1.165, 1.54) is 9.80 Å². The molecule has 3 rings (SSSR count). The monoisotopic (exact) mass is 447 g/mol. The molecule has 0 unspecified atom stereocenters. The SMILES string of the molecule is O=C(CCNS(=O)(=O)c1c(F)cccc1F)N1CCC(N2C(=O)CSC2=O)CC1. The van der Waals surface area contributed by atoms with E-state index in [0.717, 1.165) is 30.0 Å². The maximum atomic E-state index is 13.7. The highest BCUT2D eigenvalue weighted by molar-refractivity contribution is 8.14. The molecular formula is C17H19F2N3O5S2. The molecule has 2 heterocycles. The van der Waals surface area contributed by atoms with Gasteiger partial charge in [-0.3, -0.25) is 19.3 Å². The van der Waals surface area contributed by atoms with E-state index in [0.29, 0.717) is 25.9 Å². The van der Waals surface area contributed by atoms with E-state index in [9.17, 15) is 31.6 Å².